The fourth-order valence-corrected chi connectivity index (χ4v) is 2.52. The van der Waals surface area contributed by atoms with Crippen molar-refractivity contribution < 1.29 is 4.79 Å². The Morgan fingerprint density at radius 3 is 2.67 bits per heavy atom. The second-order valence-corrected chi connectivity index (χ2v) is 5.50. The van der Waals surface area contributed by atoms with E-state index in [4.69, 9.17) is 0 Å². The van der Waals surface area contributed by atoms with Crippen LogP contribution in [0.4, 0.5) is 5.69 Å². The third-order valence-corrected chi connectivity index (χ3v) is 3.51. The molecule has 100 valence electrons. The molecule has 1 rings (SSSR count). The molecule has 3 heteroatoms. The number of carbonyl (C=O) groups excluding carboxylic acids is 1. The van der Waals surface area contributed by atoms with Crippen molar-refractivity contribution in [3.8, 4) is 0 Å². The van der Waals surface area contributed by atoms with Crippen LogP contribution in [0.2, 0.25) is 0 Å². The molecule has 0 aliphatic carbocycles. The van der Waals surface area contributed by atoms with Crippen molar-refractivity contribution in [3.63, 3.8) is 0 Å². The third kappa shape index (κ3) is 4.42. The van der Waals surface area contributed by atoms with Crippen LogP contribution in [0, 0.1) is 0 Å². The van der Waals surface area contributed by atoms with Gasteiger partial charge in [-0.25, -0.2) is 0 Å². The van der Waals surface area contributed by atoms with Crippen LogP contribution in [0.25, 0.3) is 0 Å². The third-order valence-electron chi connectivity index (χ3n) is 3.15. The molecule has 0 spiro atoms. The molecule has 2 nitrogen and oxygen atoms in total. The van der Waals surface area contributed by atoms with Crippen molar-refractivity contribution >= 4 is 26.1 Å². The normalized spacial score (nSPS) is 12.2. The van der Waals surface area contributed by atoms with Crippen LogP contribution in [-0.4, -0.2) is 11.9 Å². The lowest BCUT2D eigenvalue weighted by Crippen LogP contribution is -2.37. The molecule has 0 saturated carbocycles. The zero-order chi connectivity index (χ0) is 13.5. The summed E-state index contributed by atoms with van der Waals surface area (Å²) in [5, 5.41) is 1.11. The topological polar surface area (TPSA) is 20.3 Å². The molecule has 0 saturated heterocycles. The number of amides is 1. The minimum atomic E-state index is 0.120. The van der Waals surface area contributed by atoms with Crippen molar-refractivity contribution in [2.45, 2.75) is 52.5 Å². The van der Waals surface area contributed by atoms with Gasteiger partial charge in [0.05, 0.1) is 0 Å². The summed E-state index contributed by atoms with van der Waals surface area (Å²) in [5.41, 5.74) is 0.999. The highest BCUT2D eigenvalue weighted by atomic mass is 31.0. The fraction of sp³-hybridized carbons (Fsp3) is 0.533. The Balaban J connectivity index is 2.79. The van der Waals surface area contributed by atoms with Crippen molar-refractivity contribution in [2.24, 2.45) is 0 Å². The Hall–Kier alpha value is -0.880. The molecule has 0 aliphatic heterocycles. The highest BCUT2D eigenvalue weighted by Crippen LogP contribution is 2.20. The summed E-state index contributed by atoms with van der Waals surface area (Å²) < 4.78 is 0. The van der Waals surface area contributed by atoms with E-state index in [-0.39, 0.29) is 11.9 Å². The Labute approximate surface area is 113 Å². The summed E-state index contributed by atoms with van der Waals surface area (Å²) in [6.45, 7) is 5.98. The highest BCUT2D eigenvalue weighted by Gasteiger charge is 2.18. The van der Waals surface area contributed by atoms with Crippen LogP contribution in [0.15, 0.2) is 24.3 Å². The van der Waals surface area contributed by atoms with Gasteiger partial charge in [0, 0.05) is 18.7 Å². The van der Waals surface area contributed by atoms with E-state index in [9.17, 15) is 4.79 Å². The largest absolute Gasteiger partial charge is 0.310 e. The van der Waals surface area contributed by atoms with Crippen LogP contribution in [-0.2, 0) is 4.79 Å². The predicted molar refractivity (Wildman–Crippen MR) is 82.6 cm³/mol. The number of rotatable bonds is 6. The number of nitrogens with zero attached hydrogens (tertiary/aromatic N) is 1. The maximum Gasteiger partial charge on any atom is 0.224 e. The van der Waals surface area contributed by atoms with Gasteiger partial charge in [-0.1, -0.05) is 38.3 Å². The molecule has 1 amide bonds. The molecular formula is C15H24NOP. The van der Waals surface area contributed by atoms with Crippen molar-refractivity contribution in [3.05, 3.63) is 24.3 Å². The monoisotopic (exact) mass is 265 g/mol. The van der Waals surface area contributed by atoms with E-state index in [0.29, 0.717) is 0 Å². The maximum absolute atomic E-state index is 11.8. The van der Waals surface area contributed by atoms with Gasteiger partial charge in [0.25, 0.3) is 0 Å². The minimum Gasteiger partial charge on any atom is -0.310 e. The van der Waals surface area contributed by atoms with Gasteiger partial charge >= 0.3 is 0 Å². The molecule has 1 aromatic rings. The van der Waals surface area contributed by atoms with Gasteiger partial charge < -0.3 is 4.90 Å². The number of unbranched alkanes of at least 4 members (excludes halogenated alkanes) is 2. The van der Waals surface area contributed by atoms with Gasteiger partial charge in [-0.05, 0) is 30.8 Å². The molecule has 0 bridgehead atoms. The van der Waals surface area contributed by atoms with E-state index in [1.54, 1.807) is 6.92 Å². The first-order valence-electron chi connectivity index (χ1n) is 6.71. The summed E-state index contributed by atoms with van der Waals surface area (Å²) in [7, 11) is 2.68. The number of hydrogen-bond acceptors (Lipinski definition) is 1. The summed E-state index contributed by atoms with van der Waals surface area (Å²) in [4.78, 5) is 13.8. The molecule has 2 atom stereocenters. The van der Waals surface area contributed by atoms with Crippen LogP contribution < -0.4 is 10.2 Å². The highest BCUT2D eigenvalue weighted by molar-refractivity contribution is 7.27. The average Bonchev–Trinajstić information content (AvgIpc) is 2.29. The second-order valence-electron chi connectivity index (χ2n) is 4.83. The van der Waals surface area contributed by atoms with Crippen LogP contribution in [0.1, 0.15) is 46.5 Å². The van der Waals surface area contributed by atoms with Crippen LogP contribution in [0.5, 0.6) is 0 Å². The van der Waals surface area contributed by atoms with E-state index in [0.717, 1.165) is 17.4 Å². The molecule has 0 fully saturated rings. The summed E-state index contributed by atoms with van der Waals surface area (Å²) in [6.07, 6.45) is 4.70. The second kappa shape index (κ2) is 7.53. The van der Waals surface area contributed by atoms with E-state index in [1.807, 2.05) is 29.2 Å². The SMILES string of the molecule is CCCCCC(C)N(C(C)=O)c1cccc(P)c1. The smallest absolute Gasteiger partial charge is 0.224 e. The maximum atomic E-state index is 11.8. The first-order valence-corrected chi connectivity index (χ1v) is 7.29. The summed E-state index contributed by atoms with van der Waals surface area (Å²) in [5.74, 6) is 0.120. The molecular weight excluding hydrogens is 241 g/mol. The Kier molecular flexibility index (Phi) is 6.35. The lowest BCUT2D eigenvalue weighted by molar-refractivity contribution is -0.117. The Morgan fingerprint density at radius 2 is 2.11 bits per heavy atom. The molecule has 18 heavy (non-hydrogen) atoms. The van der Waals surface area contributed by atoms with Gasteiger partial charge in [0.2, 0.25) is 5.91 Å². The van der Waals surface area contributed by atoms with E-state index in [1.165, 1.54) is 19.3 Å². The van der Waals surface area contributed by atoms with Gasteiger partial charge in [-0.15, -0.1) is 9.24 Å². The van der Waals surface area contributed by atoms with E-state index < -0.39 is 0 Å². The van der Waals surface area contributed by atoms with E-state index in [2.05, 4.69) is 23.1 Å². The van der Waals surface area contributed by atoms with Gasteiger partial charge in [0.15, 0.2) is 0 Å². The molecule has 0 aromatic heterocycles. The first-order chi connectivity index (χ1) is 8.56. The van der Waals surface area contributed by atoms with Crippen LogP contribution >= 0.6 is 9.24 Å². The molecule has 1 aromatic carbocycles. The fourth-order valence-electron chi connectivity index (χ4n) is 2.24. The number of hydrogen-bond donors (Lipinski definition) is 0. The number of benzene rings is 1. The number of carbonyl (C=O) groups is 1. The number of anilines is 1. The lowest BCUT2D eigenvalue weighted by Gasteiger charge is -2.28. The average molecular weight is 265 g/mol. The molecule has 0 N–H and O–H groups in total. The first kappa shape index (κ1) is 15.2. The van der Waals surface area contributed by atoms with Crippen molar-refractivity contribution in [1.29, 1.82) is 0 Å². The summed E-state index contributed by atoms with van der Waals surface area (Å²) in [6, 6.07) is 8.33. The lowest BCUT2D eigenvalue weighted by atomic mass is 10.1. The van der Waals surface area contributed by atoms with Crippen LogP contribution in [0.3, 0.4) is 0 Å². The zero-order valence-electron chi connectivity index (χ0n) is 11.6. The zero-order valence-corrected chi connectivity index (χ0v) is 12.8. The van der Waals surface area contributed by atoms with Gasteiger partial charge in [0.1, 0.15) is 0 Å². The molecule has 0 radical (unpaired) electrons. The Bertz CT molecular complexity index is 392. The van der Waals surface area contributed by atoms with Crippen molar-refractivity contribution in [2.75, 3.05) is 4.90 Å². The Morgan fingerprint density at radius 1 is 1.39 bits per heavy atom. The van der Waals surface area contributed by atoms with Crippen molar-refractivity contribution in [1.82, 2.24) is 0 Å². The standard InChI is InChI=1S/C15H24NOP/c1-4-5-6-8-12(2)16(13(3)17)14-9-7-10-15(18)11-14/h7,9-12H,4-6,8,18H2,1-3H3. The molecule has 0 aliphatic rings. The van der Waals surface area contributed by atoms with Gasteiger partial charge in [-0.2, -0.15) is 0 Å². The minimum absolute atomic E-state index is 0.120. The quantitative estimate of drug-likeness (QED) is 0.569. The van der Waals surface area contributed by atoms with Gasteiger partial charge in [-0.3, -0.25) is 4.79 Å². The van der Waals surface area contributed by atoms with E-state index >= 15 is 0 Å². The molecule has 2 unspecified atom stereocenters. The predicted octanol–water partition coefficient (Wildman–Crippen LogP) is 3.51. The molecule has 0 heterocycles. The summed E-state index contributed by atoms with van der Waals surface area (Å²) >= 11 is 0.